The van der Waals surface area contributed by atoms with Crippen LogP contribution in [0.25, 0.3) is 0 Å². The van der Waals surface area contributed by atoms with E-state index in [-0.39, 0.29) is 34.4 Å². The van der Waals surface area contributed by atoms with E-state index in [0.29, 0.717) is 29.2 Å². The number of hydrogen-bond acceptors (Lipinski definition) is 8. The second-order valence-electron chi connectivity index (χ2n) is 10.6. The van der Waals surface area contributed by atoms with Gasteiger partial charge in [0.05, 0.1) is 23.8 Å². The number of nitrogens with zero attached hydrogens (tertiary/aromatic N) is 1. The maximum Gasteiger partial charge on any atom is 0.255 e. The van der Waals surface area contributed by atoms with Crippen LogP contribution in [0, 0.1) is 12.8 Å². The molecule has 1 atom stereocenters. The minimum atomic E-state index is -0.911. The molecule has 3 aliphatic rings. The molecule has 11 heteroatoms. The molecule has 0 unspecified atom stereocenters. The minimum absolute atomic E-state index is 0.0585. The number of carbonyl (C=O) groups excluding carboxylic acids is 1. The molecule has 1 amide bonds. The summed E-state index contributed by atoms with van der Waals surface area (Å²) in [6, 6.07) is 3.98. The number of amides is 1. The van der Waals surface area contributed by atoms with Gasteiger partial charge >= 0.3 is 0 Å². The highest BCUT2D eigenvalue weighted by molar-refractivity contribution is 7.98. The fraction of sp³-hybridized carbons (Fsp3) is 0.571. The fourth-order valence-electron chi connectivity index (χ4n) is 5.93. The first-order chi connectivity index (χ1) is 18.7. The molecular formula is C28H36ClN3O6S. The van der Waals surface area contributed by atoms with Gasteiger partial charge in [-0.1, -0.05) is 11.6 Å². The van der Waals surface area contributed by atoms with Crippen molar-refractivity contribution >= 4 is 29.3 Å². The van der Waals surface area contributed by atoms with Crippen molar-refractivity contribution in [3.63, 3.8) is 0 Å². The number of pyridine rings is 1. The van der Waals surface area contributed by atoms with Crippen molar-refractivity contribution in [3.8, 4) is 17.2 Å². The Morgan fingerprint density at radius 2 is 1.90 bits per heavy atom. The first-order valence-electron chi connectivity index (χ1n) is 13.3. The predicted molar refractivity (Wildman–Crippen MR) is 151 cm³/mol. The number of fused-ring (bicyclic) bond motifs is 1. The van der Waals surface area contributed by atoms with Crippen molar-refractivity contribution in [3.05, 3.63) is 44.3 Å². The van der Waals surface area contributed by atoms with Gasteiger partial charge in [0.15, 0.2) is 11.5 Å². The zero-order chi connectivity index (χ0) is 27.9. The molecular weight excluding hydrogens is 542 g/mol. The van der Waals surface area contributed by atoms with Crippen LogP contribution in [0.1, 0.15) is 54.2 Å². The van der Waals surface area contributed by atoms with Gasteiger partial charge in [0.25, 0.3) is 17.3 Å². The third-order valence-electron chi connectivity index (χ3n) is 8.24. The number of benzene rings is 1. The van der Waals surface area contributed by atoms with Gasteiger partial charge in [0.2, 0.25) is 5.75 Å². The van der Waals surface area contributed by atoms with Crippen LogP contribution in [0.5, 0.6) is 17.2 Å². The van der Waals surface area contributed by atoms with Crippen molar-refractivity contribution < 1.29 is 23.7 Å². The predicted octanol–water partition coefficient (Wildman–Crippen LogP) is 4.37. The highest BCUT2D eigenvalue weighted by atomic mass is 35.5. The third-order valence-corrected chi connectivity index (χ3v) is 9.33. The van der Waals surface area contributed by atoms with Crippen LogP contribution in [0.2, 0.25) is 5.02 Å². The monoisotopic (exact) mass is 577 g/mol. The van der Waals surface area contributed by atoms with Gasteiger partial charge in [-0.15, -0.1) is 11.8 Å². The summed E-state index contributed by atoms with van der Waals surface area (Å²) in [7, 11) is 3.26. The number of carbonyl (C=O) groups is 1. The Morgan fingerprint density at radius 1 is 1.21 bits per heavy atom. The Bertz CT molecular complexity index is 1310. The van der Waals surface area contributed by atoms with Gasteiger partial charge in [0.1, 0.15) is 0 Å². The summed E-state index contributed by atoms with van der Waals surface area (Å²) < 4.78 is 23.9. The van der Waals surface area contributed by atoms with Crippen LogP contribution in [0.4, 0.5) is 0 Å². The molecule has 2 aromatic rings. The standard InChI is InChI=1S/C28H36ClN3O6S/c1-15-10-22(39-5)20(27(34)31-15)12-30-26(33)19-11-21(29)24-25(23(19)36-4)38-28(2,37-24)16-6-8-17(9-7-16)32-13-18(14-32)35-3/h10-11,16-18H,6-9,12-14H2,1-5H3,(H,30,33)(H,31,34)/t16-,17-,28-/m0/s1. The maximum atomic E-state index is 13.3. The number of aromatic amines is 1. The average Bonchev–Trinajstić information content (AvgIpc) is 3.26. The third kappa shape index (κ3) is 5.36. The minimum Gasteiger partial charge on any atom is -0.492 e. The molecule has 1 aromatic carbocycles. The fourth-order valence-corrected chi connectivity index (χ4v) is 6.86. The zero-order valence-corrected chi connectivity index (χ0v) is 24.6. The topological polar surface area (TPSA) is 102 Å². The number of H-pyrrole nitrogens is 1. The number of thioether (sulfide) groups is 1. The van der Waals surface area contributed by atoms with E-state index >= 15 is 0 Å². The van der Waals surface area contributed by atoms with E-state index in [0.717, 1.165) is 49.4 Å². The summed E-state index contributed by atoms with van der Waals surface area (Å²) in [5.41, 5.74) is 1.25. The summed E-state index contributed by atoms with van der Waals surface area (Å²) in [6.45, 7) is 5.81. The molecule has 3 heterocycles. The van der Waals surface area contributed by atoms with Gasteiger partial charge in [0, 0.05) is 61.8 Å². The molecule has 2 N–H and O–H groups in total. The second-order valence-corrected chi connectivity index (χ2v) is 11.9. The van der Waals surface area contributed by atoms with Crippen molar-refractivity contribution in [2.75, 3.05) is 33.6 Å². The molecule has 9 nitrogen and oxygen atoms in total. The number of methoxy groups -OCH3 is 2. The van der Waals surface area contributed by atoms with Crippen molar-refractivity contribution in [2.45, 2.75) is 68.9 Å². The smallest absolute Gasteiger partial charge is 0.255 e. The number of hydrogen-bond donors (Lipinski definition) is 2. The van der Waals surface area contributed by atoms with Gasteiger partial charge in [-0.3, -0.25) is 14.5 Å². The van der Waals surface area contributed by atoms with E-state index in [1.54, 1.807) is 7.11 Å². The number of ether oxygens (including phenoxy) is 4. The first kappa shape index (κ1) is 28.1. The first-order valence-corrected chi connectivity index (χ1v) is 14.9. The largest absolute Gasteiger partial charge is 0.492 e. The number of rotatable bonds is 8. The van der Waals surface area contributed by atoms with Crippen LogP contribution < -0.4 is 25.1 Å². The number of halogens is 1. The number of likely N-dealkylation sites (tertiary alicyclic amines) is 1. The van der Waals surface area contributed by atoms with Crippen molar-refractivity contribution in [2.24, 2.45) is 5.92 Å². The summed E-state index contributed by atoms with van der Waals surface area (Å²) in [5, 5.41) is 3.12. The lowest BCUT2D eigenvalue weighted by Crippen LogP contribution is -2.57. The normalized spacial score (nSPS) is 24.9. The molecule has 1 saturated heterocycles. The van der Waals surface area contributed by atoms with E-state index in [1.807, 2.05) is 26.2 Å². The molecule has 39 heavy (non-hydrogen) atoms. The lowest BCUT2D eigenvalue weighted by atomic mass is 9.80. The molecule has 5 rings (SSSR count). The Morgan fingerprint density at radius 3 is 2.54 bits per heavy atom. The summed E-state index contributed by atoms with van der Waals surface area (Å²) >= 11 is 8.08. The van der Waals surface area contributed by atoms with Crippen LogP contribution in [-0.2, 0) is 11.3 Å². The molecule has 212 valence electrons. The van der Waals surface area contributed by atoms with E-state index in [9.17, 15) is 9.59 Å². The van der Waals surface area contributed by atoms with Crippen molar-refractivity contribution in [1.29, 1.82) is 0 Å². The highest BCUT2D eigenvalue weighted by Crippen LogP contribution is 2.54. The molecule has 0 bridgehead atoms. The van der Waals surface area contributed by atoms with Crippen molar-refractivity contribution in [1.82, 2.24) is 15.2 Å². The summed E-state index contributed by atoms with van der Waals surface area (Å²) in [4.78, 5) is 31.9. The zero-order valence-electron chi connectivity index (χ0n) is 23.0. The highest BCUT2D eigenvalue weighted by Gasteiger charge is 2.49. The van der Waals surface area contributed by atoms with Crippen LogP contribution in [-0.4, -0.2) is 67.3 Å². The van der Waals surface area contributed by atoms with E-state index < -0.39 is 11.7 Å². The summed E-state index contributed by atoms with van der Waals surface area (Å²) in [6.07, 6.45) is 6.29. The molecule has 2 aliphatic heterocycles. The molecule has 2 fully saturated rings. The molecule has 0 radical (unpaired) electrons. The van der Waals surface area contributed by atoms with Crippen LogP contribution in [0.15, 0.2) is 21.8 Å². The lowest BCUT2D eigenvalue weighted by Gasteiger charge is -2.47. The van der Waals surface area contributed by atoms with Crippen LogP contribution >= 0.6 is 23.4 Å². The quantitative estimate of drug-likeness (QED) is 0.446. The molecule has 1 aromatic heterocycles. The van der Waals surface area contributed by atoms with E-state index in [4.69, 9.17) is 30.5 Å². The molecule has 0 spiro atoms. The number of nitrogens with one attached hydrogen (secondary N) is 2. The van der Waals surface area contributed by atoms with E-state index in [1.165, 1.54) is 24.9 Å². The van der Waals surface area contributed by atoms with Gasteiger partial charge in [-0.2, -0.15) is 0 Å². The van der Waals surface area contributed by atoms with Gasteiger partial charge < -0.3 is 29.2 Å². The van der Waals surface area contributed by atoms with Gasteiger partial charge in [-0.05, 0) is 51.0 Å². The van der Waals surface area contributed by atoms with Gasteiger partial charge in [-0.25, -0.2) is 0 Å². The average molecular weight is 578 g/mol. The van der Waals surface area contributed by atoms with E-state index in [2.05, 4.69) is 15.2 Å². The lowest BCUT2D eigenvalue weighted by molar-refractivity contribution is -0.130. The SMILES string of the molecule is COc1c(C(=O)NCc2c(SC)cc(C)[nH]c2=O)cc(Cl)c2c1O[C@@](C)([C@H]1CC[C@H](N3CC(OC)C3)CC1)O2. The Hall–Kier alpha value is -2.40. The number of aryl methyl sites for hydroxylation is 1. The molecule has 1 aliphatic carbocycles. The number of aromatic nitrogens is 1. The summed E-state index contributed by atoms with van der Waals surface area (Å²) in [5.74, 6) is -0.185. The maximum absolute atomic E-state index is 13.3. The Kier molecular flexibility index (Phi) is 8.10. The molecule has 1 saturated carbocycles. The second kappa shape index (κ2) is 11.2. The van der Waals surface area contributed by atoms with Crippen LogP contribution in [0.3, 0.4) is 0 Å². The Balaban J connectivity index is 1.30. The Labute approximate surface area is 237 Å².